The molecule has 1 heterocycles. The third kappa shape index (κ3) is 4.09. The molecule has 2 amide bonds. The molecule has 0 saturated carbocycles. The molecule has 2 rings (SSSR count). The summed E-state index contributed by atoms with van der Waals surface area (Å²) in [5.41, 5.74) is 2.16. The van der Waals surface area contributed by atoms with Gasteiger partial charge in [0.25, 0.3) is 0 Å². The van der Waals surface area contributed by atoms with Crippen molar-refractivity contribution in [1.29, 1.82) is 0 Å². The van der Waals surface area contributed by atoms with Crippen molar-refractivity contribution in [3.63, 3.8) is 0 Å². The molecule has 4 nitrogen and oxygen atoms in total. The van der Waals surface area contributed by atoms with Crippen molar-refractivity contribution < 1.29 is 9.59 Å². The lowest BCUT2D eigenvalue weighted by atomic mass is 9.87. The lowest BCUT2D eigenvalue weighted by Gasteiger charge is -2.31. The summed E-state index contributed by atoms with van der Waals surface area (Å²) in [6.45, 7) is 9.35. The average Bonchev–Trinajstić information content (AvgIpc) is 2.47. The first kappa shape index (κ1) is 16.5. The molecular weight excluding hydrogens is 276 g/mol. The first-order valence-electron chi connectivity index (χ1n) is 7.94. The molecule has 1 aromatic rings. The summed E-state index contributed by atoms with van der Waals surface area (Å²) in [6, 6.07) is 8.00. The Morgan fingerprint density at radius 1 is 1.18 bits per heavy atom. The van der Waals surface area contributed by atoms with Gasteiger partial charge in [-0.2, -0.15) is 0 Å². The number of anilines is 1. The van der Waals surface area contributed by atoms with Crippen molar-refractivity contribution in [3.8, 4) is 0 Å². The van der Waals surface area contributed by atoms with Gasteiger partial charge in [0.15, 0.2) is 0 Å². The van der Waals surface area contributed by atoms with E-state index in [0.29, 0.717) is 6.54 Å². The van der Waals surface area contributed by atoms with Crippen LogP contribution in [-0.2, 0) is 15.0 Å². The van der Waals surface area contributed by atoms with Crippen LogP contribution in [0, 0.1) is 5.92 Å². The minimum absolute atomic E-state index is 0.00876. The zero-order valence-corrected chi connectivity index (χ0v) is 14.0. The molecule has 0 aliphatic carbocycles. The van der Waals surface area contributed by atoms with Crippen LogP contribution in [0.5, 0.6) is 0 Å². The summed E-state index contributed by atoms with van der Waals surface area (Å²) < 4.78 is 0. The highest BCUT2D eigenvalue weighted by Gasteiger charge is 2.27. The van der Waals surface area contributed by atoms with Crippen LogP contribution in [0.25, 0.3) is 0 Å². The van der Waals surface area contributed by atoms with E-state index in [4.69, 9.17) is 0 Å². The normalized spacial score (nSPS) is 18.9. The number of piperidine rings is 1. The van der Waals surface area contributed by atoms with E-state index in [2.05, 4.69) is 38.2 Å². The highest BCUT2D eigenvalue weighted by Crippen LogP contribution is 2.24. The van der Waals surface area contributed by atoms with Gasteiger partial charge in [0, 0.05) is 25.7 Å². The third-order valence-electron chi connectivity index (χ3n) is 4.26. The van der Waals surface area contributed by atoms with Gasteiger partial charge in [-0.05, 0) is 36.0 Å². The number of benzene rings is 1. The van der Waals surface area contributed by atoms with Crippen molar-refractivity contribution in [2.45, 2.75) is 46.0 Å². The minimum atomic E-state index is -0.111. The number of hydrogen-bond donors (Lipinski definition) is 1. The lowest BCUT2D eigenvalue weighted by Crippen LogP contribution is -2.42. The summed E-state index contributed by atoms with van der Waals surface area (Å²) in [4.78, 5) is 25.6. The Morgan fingerprint density at radius 3 is 2.36 bits per heavy atom. The van der Waals surface area contributed by atoms with E-state index in [0.717, 1.165) is 25.1 Å². The quantitative estimate of drug-likeness (QED) is 0.912. The van der Waals surface area contributed by atoms with Crippen LogP contribution in [0.3, 0.4) is 0 Å². The maximum atomic E-state index is 12.4. The number of nitrogens with zero attached hydrogens (tertiary/aromatic N) is 1. The average molecular weight is 302 g/mol. The zero-order valence-electron chi connectivity index (χ0n) is 14.0. The van der Waals surface area contributed by atoms with E-state index < -0.39 is 0 Å². The molecule has 1 N–H and O–H groups in total. The fourth-order valence-corrected chi connectivity index (χ4v) is 2.78. The van der Waals surface area contributed by atoms with E-state index in [1.807, 2.05) is 12.1 Å². The lowest BCUT2D eigenvalue weighted by molar-refractivity contribution is -0.132. The Bertz CT molecular complexity index is 543. The van der Waals surface area contributed by atoms with Gasteiger partial charge in [-0.25, -0.2) is 0 Å². The van der Waals surface area contributed by atoms with Crippen LogP contribution in [0.2, 0.25) is 0 Å². The smallest absolute Gasteiger partial charge is 0.229 e. The Balaban J connectivity index is 1.98. The molecule has 120 valence electrons. The van der Waals surface area contributed by atoms with Crippen LogP contribution in [0.15, 0.2) is 24.3 Å². The maximum absolute atomic E-state index is 12.4. The highest BCUT2D eigenvalue weighted by molar-refractivity contribution is 5.93. The first-order chi connectivity index (χ1) is 10.3. The van der Waals surface area contributed by atoms with E-state index in [1.54, 1.807) is 11.8 Å². The summed E-state index contributed by atoms with van der Waals surface area (Å²) in [7, 11) is 0. The van der Waals surface area contributed by atoms with E-state index in [-0.39, 0.29) is 23.1 Å². The molecule has 1 aromatic carbocycles. The second-order valence-electron chi connectivity index (χ2n) is 7.12. The van der Waals surface area contributed by atoms with Crippen LogP contribution in [-0.4, -0.2) is 29.8 Å². The van der Waals surface area contributed by atoms with Gasteiger partial charge >= 0.3 is 0 Å². The molecule has 1 saturated heterocycles. The summed E-state index contributed by atoms with van der Waals surface area (Å²) in [5, 5.41) is 2.97. The number of amides is 2. The predicted molar refractivity (Wildman–Crippen MR) is 88.7 cm³/mol. The van der Waals surface area contributed by atoms with Crippen molar-refractivity contribution in [3.05, 3.63) is 29.8 Å². The van der Waals surface area contributed by atoms with Crippen LogP contribution < -0.4 is 5.32 Å². The standard InChI is InChI=1S/C18H26N2O2/c1-13(21)20-11-5-6-14(12-20)17(22)19-16-9-7-15(8-10-16)18(2,3)4/h7-10,14H,5-6,11-12H2,1-4H3,(H,19,22). The Kier molecular flexibility index (Phi) is 4.89. The van der Waals surface area contributed by atoms with Crippen LogP contribution in [0.1, 0.15) is 46.1 Å². The van der Waals surface area contributed by atoms with Crippen molar-refractivity contribution in [2.24, 2.45) is 5.92 Å². The molecule has 0 bridgehead atoms. The topological polar surface area (TPSA) is 49.4 Å². The molecular formula is C18H26N2O2. The molecule has 4 heteroatoms. The molecule has 1 fully saturated rings. The maximum Gasteiger partial charge on any atom is 0.229 e. The second-order valence-corrected chi connectivity index (χ2v) is 7.12. The SMILES string of the molecule is CC(=O)N1CCCC(C(=O)Nc2ccc(C(C)(C)C)cc2)C1. The Hall–Kier alpha value is -1.84. The third-order valence-corrected chi connectivity index (χ3v) is 4.26. The molecule has 1 atom stereocenters. The molecule has 0 spiro atoms. The summed E-state index contributed by atoms with van der Waals surface area (Å²) >= 11 is 0. The largest absolute Gasteiger partial charge is 0.342 e. The molecule has 1 unspecified atom stereocenters. The second kappa shape index (κ2) is 6.51. The van der Waals surface area contributed by atoms with E-state index in [1.165, 1.54) is 5.56 Å². The predicted octanol–water partition coefficient (Wildman–Crippen LogP) is 3.18. The van der Waals surface area contributed by atoms with Gasteiger partial charge in [0.1, 0.15) is 0 Å². The Morgan fingerprint density at radius 2 is 1.82 bits per heavy atom. The Labute approximate surface area is 132 Å². The fourth-order valence-electron chi connectivity index (χ4n) is 2.78. The molecule has 0 radical (unpaired) electrons. The van der Waals surface area contributed by atoms with Gasteiger partial charge in [-0.3, -0.25) is 9.59 Å². The number of carbonyl (C=O) groups excluding carboxylic acids is 2. The first-order valence-corrected chi connectivity index (χ1v) is 7.94. The molecule has 0 aromatic heterocycles. The molecule has 1 aliphatic heterocycles. The number of rotatable bonds is 2. The van der Waals surface area contributed by atoms with Crippen molar-refractivity contribution in [2.75, 3.05) is 18.4 Å². The van der Waals surface area contributed by atoms with Gasteiger partial charge in [0.05, 0.1) is 5.92 Å². The summed E-state index contributed by atoms with van der Waals surface area (Å²) in [5.74, 6) is -0.0542. The van der Waals surface area contributed by atoms with Crippen LogP contribution in [0.4, 0.5) is 5.69 Å². The zero-order chi connectivity index (χ0) is 16.3. The van der Waals surface area contributed by atoms with E-state index >= 15 is 0 Å². The number of carbonyl (C=O) groups is 2. The molecule has 22 heavy (non-hydrogen) atoms. The van der Waals surface area contributed by atoms with Crippen LogP contribution >= 0.6 is 0 Å². The number of nitrogens with one attached hydrogen (secondary N) is 1. The summed E-state index contributed by atoms with van der Waals surface area (Å²) in [6.07, 6.45) is 1.73. The molecule has 1 aliphatic rings. The van der Waals surface area contributed by atoms with Crippen molar-refractivity contribution >= 4 is 17.5 Å². The van der Waals surface area contributed by atoms with Gasteiger partial charge in [0.2, 0.25) is 11.8 Å². The highest BCUT2D eigenvalue weighted by atomic mass is 16.2. The van der Waals surface area contributed by atoms with Gasteiger partial charge < -0.3 is 10.2 Å². The fraction of sp³-hybridized carbons (Fsp3) is 0.556. The number of likely N-dealkylation sites (tertiary alicyclic amines) is 1. The number of hydrogen-bond acceptors (Lipinski definition) is 2. The monoisotopic (exact) mass is 302 g/mol. The van der Waals surface area contributed by atoms with E-state index in [9.17, 15) is 9.59 Å². The van der Waals surface area contributed by atoms with Gasteiger partial charge in [-0.1, -0.05) is 32.9 Å². The van der Waals surface area contributed by atoms with Crippen molar-refractivity contribution in [1.82, 2.24) is 4.90 Å². The minimum Gasteiger partial charge on any atom is -0.342 e. The van der Waals surface area contributed by atoms with Gasteiger partial charge in [-0.15, -0.1) is 0 Å².